The Morgan fingerprint density at radius 2 is 2.12 bits per heavy atom. The van der Waals surface area contributed by atoms with E-state index in [4.69, 9.17) is 0 Å². The number of aliphatic hydroxyl groups excluding tert-OH is 1. The molecule has 1 aromatic rings. The number of likely N-dealkylation sites (tertiary alicyclic amines) is 1. The normalized spacial score (nSPS) is 22.5. The summed E-state index contributed by atoms with van der Waals surface area (Å²) in [6.45, 7) is 2.53. The zero-order valence-corrected chi connectivity index (χ0v) is 9.47. The Bertz CT molecular complexity index is 363. The summed E-state index contributed by atoms with van der Waals surface area (Å²) >= 11 is 0. The van der Waals surface area contributed by atoms with Gasteiger partial charge >= 0.3 is 0 Å². The molecule has 86 valence electrons. The molecule has 1 N–H and O–H groups in total. The summed E-state index contributed by atoms with van der Waals surface area (Å²) in [6, 6.07) is 10.1. The van der Waals surface area contributed by atoms with Crippen LogP contribution in [0, 0.1) is 0 Å². The van der Waals surface area contributed by atoms with E-state index in [1.807, 2.05) is 30.3 Å². The maximum atomic E-state index is 11.7. The predicted octanol–water partition coefficient (Wildman–Crippen LogP) is 1.73. The van der Waals surface area contributed by atoms with Crippen molar-refractivity contribution in [2.45, 2.75) is 31.9 Å². The van der Waals surface area contributed by atoms with Crippen molar-refractivity contribution in [2.24, 2.45) is 0 Å². The fourth-order valence-electron chi connectivity index (χ4n) is 2.32. The number of rotatable bonds is 3. The molecule has 0 bridgehead atoms. The van der Waals surface area contributed by atoms with Gasteiger partial charge in [-0.1, -0.05) is 37.3 Å². The first-order valence-electron chi connectivity index (χ1n) is 5.75. The molecule has 1 fully saturated rings. The highest BCUT2D eigenvalue weighted by Crippen LogP contribution is 2.28. The van der Waals surface area contributed by atoms with Gasteiger partial charge in [-0.05, 0) is 12.0 Å². The van der Waals surface area contributed by atoms with Crippen molar-refractivity contribution in [3.63, 3.8) is 0 Å². The number of β-amino-alcohol motifs (C(OH)–C–C–N with tert-alkyl or cyclic N) is 1. The van der Waals surface area contributed by atoms with E-state index < -0.39 is 6.10 Å². The molecule has 0 spiro atoms. The van der Waals surface area contributed by atoms with Gasteiger partial charge in [-0.25, -0.2) is 0 Å². The van der Waals surface area contributed by atoms with Gasteiger partial charge in [0.1, 0.15) is 0 Å². The first-order chi connectivity index (χ1) is 7.72. The van der Waals surface area contributed by atoms with Crippen molar-refractivity contribution in [2.75, 3.05) is 6.54 Å². The number of amides is 1. The molecule has 0 saturated carbocycles. The van der Waals surface area contributed by atoms with Gasteiger partial charge in [-0.15, -0.1) is 0 Å². The average Bonchev–Trinajstić information content (AvgIpc) is 2.61. The lowest BCUT2D eigenvalue weighted by Gasteiger charge is -2.27. The van der Waals surface area contributed by atoms with Crippen LogP contribution in [0.15, 0.2) is 30.3 Å². The quantitative estimate of drug-likeness (QED) is 0.841. The Kier molecular flexibility index (Phi) is 3.25. The molecule has 2 unspecified atom stereocenters. The van der Waals surface area contributed by atoms with Crippen molar-refractivity contribution >= 4 is 5.91 Å². The van der Waals surface area contributed by atoms with Crippen LogP contribution in [0.2, 0.25) is 0 Å². The monoisotopic (exact) mass is 219 g/mol. The summed E-state index contributed by atoms with van der Waals surface area (Å²) in [5, 5.41) is 9.50. The fraction of sp³-hybridized carbons (Fsp3) is 0.462. The van der Waals surface area contributed by atoms with Gasteiger partial charge in [0.2, 0.25) is 5.91 Å². The molecule has 0 radical (unpaired) electrons. The molecule has 1 aliphatic rings. The van der Waals surface area contributed by atoms with Gasteiger partial charge in [0.25, 0.3) is 0 Å². The van der Waals surface area contributed by atoms with Crippen LogP contribution in [0.5, 0.6) is 0 Å². The van der Waals surface area contributed by atoms with Crippen molar-refractivity contribution < 1.29 is 9.90 Å². The Balaban J connectivity index is 2.20. The molecule has 1 aromatic carbocycles. The molecular formula is C13H17NO2. The molecule has 1 aliphatic heterocycles. The summed E-state index contributed by atoms with van der Waals surface area (Å²) < 4.78 is 0. The smallest absolute Gasteiger partial charge is 0.225 e. The van der Waals surface area contributed by atoms with E-state index in [-0.39, 0.29) is 18.4 Å². The van der Waals surface area contributed by atoms with Crippen molar-refractivity contribution in [3.05, 3.63) is 35.9 Å². The highest BCUT2D eigenvalue weighted by molar-refractivity contribution is 5.79. The second-order valence-electron chi connectivity index (χ2n) is 4.24. The van der Waals surface area contributed by atoms with E-state index in [1.54, 1.807) is 4.90 Å². The fourth-order valence-corrected chi connectivity index (χ4v) is 2.32. The first-order valence-corrected chi connectivity index (χ1v) is 5.75. The number of hydrogen-bond acceptors (Lipinski definition) is 2. The van der Waals surface area contributed by atoms with Gasteiger partial charge in [-0.3, -0.25) is 4.79 Å². The van der Waals surface area contributed by atoms with Crippen LogP contribution in [0.25, 0.3) is 0 Å². The minimum absolute atomic E-state index is 0.0585. The van der Waals surface area contributed by atoms with Gasteiger partial charge in [0, 0.05) is 6.54 Å². The van der Waals surface area contributed by atoms with E-state index in [9.17, 15) is 9.90 Å². The minimum Gasteiger partial charge on any atom is -0.391 e. The third-order valence-electron chi connectivity index (χ3n) is 3.09. The van der Waals surface area contributed by atoms with Gasteiger partial charge < -0.3 is 10.0 Å². The van der Waals surface area contributed by atoms with Crippen molar-refractivity contribution in [3.8, 4) is 0 Å². The van der Waals surface area contributed by atoms with E-state index in [2.05, 4.69) is 6.92 Å². The van der Waals surface area contributed by atoms with Gasteiger partial charge in [-0.2, -0.15) is 0 Å². The Morgan fingerprint density at radius 1 is 1.44 bits per heavy atom. The van der Waals surface area contributed by atoms with Crippen LogP contribution in [0.1, 0.15) is 31.4 Å². The molecule has 2 atom stereocenters. The highest BCUT2D eigenvalue weighted by Gasteiger charge is 2.32. The molecular weight excluding hydrogens is 202 g/mol. The second kappa shape index (κ2) is 4.66. The molecule has 3 nitrogen and oxygen atoms in total. The van der Waals surface area contributed by atoms with E-state index >= 15 is 0 Å². The minimum atomic E-state index is -0.495. The summed E-state index contributed by atoms with van der Waals surface area (Å²) in [5.41, 5.74) is 1.15. The molecule has 1 amide bonds. The van der Waals surface area contributed by atoms with Crippen LogP contribution in [0.3, 0.4) is 0 Å². The van der Waals surface area contributed by atoms with E-state index in [1.165, 1.54) is 0 Å². The Morgan fingerprint density at radius 3 is 2.62 bits per heavy atom. The standard InChI is InChI=1S/C13H17NO2/c1-2-12(10-6-4-3-5-7-10)14-9-11(15)8-13(14)16/h3-7,11-12,15H,2,8-9H2,1H3. The maximum Gasteiger partial charge on any atom is 0.225 e. The van der Waals surface area contributed by atoms with E-state index in [0.29, 0.717) is 6.54 Å². The number of hydrogen-bond donors (Lipinski definition) is 1. The van der Waals surface area contributed by atoms with Crippen LogP contribution in [-0.2, 0) is 4.79 Å². The third-order valence-corrected chi connectivity index (χ3v) is 3.09. The zero-order valence-electron chi connectivity index (χ0n) is 9.47. The number of benzene rings is 1. The Labute approximate surface area is 95.7 Å². The molecule has 3 heteroatoms. The summed E-state index contributed by atoms with van der Waals surface area (Å²) in [4.78, 5) is 13.5. The Hall–Kier alpha value is -1.35. The maximum absolute atomic E-state index is 11.7. The lowest BCUT2D eigenvalue weighted by Crippen LogP contribution is -2.30. The van der Waals surface area contributed by atoms with Gasteiger partial charge in [0.15, 0.2) is 0 Å². The summed E-state index contributed by atoms with van der Waals surface area (Å²) in [7, 11) is 0. The number of nitrogens with zero attached hydrogens (tertiary/aromatic N) is 1. The van der Waals surface area contributed by atoms with Crippen LogP contribution in [0.4, 0.5) is 0 Å². The van der Waals surface area contributed by atoms with Crippen molar-refractivity contribution in [1.82, 2.24) is 4.90 Å². The third kappa shape index (κ3) is 2.09. The highest BCUT2D eigenvalue weighted by atomic mass is 16.3. The number of carbonyl (C=O) groups is 1. The van der Waals surface area contributed by atoms with Crippen molar-refractivity contribution in [1.29, 1.82) is 0 Å². The van der Waals surface area contributed by atoms with Crippen LogP contribution in [-0.4, -0.2) is 28.6 Å². The lowest BCUT2D eigenvalue weighted by molar-refractivity contribution is -0.129. The van der Waals surface area contributed by atoms with Gasteiger partial charge in [0.05, 0.1) is 18.6 Å². The SMILES string of the molecule is CCC(c1ccccc1)N1CC(O)CC1=O. The summed E-state index contributed by atoms with van der Waals surface area (Å²) in [6.07, 6.45) is 0.650. The molecule has 1 saturated heterocycles. The summed E-state index contributed by atoms with van der Waals surface area (Å²) in [5.74, 6) is 0.0585. The second-order valence-corrected chi connectivity index (χ2v) is 4.24. The molecule has 0 aliphatic carbocycles. The molecule has 0 aromatic heterocycles. The number of carbonyl (C=O) groups excluding carboxylic acids is 1. The van der Waals surface area contributed by atoms with E-state index in [0.717, 1.165) is 12.0 Å². The van der Waals surface area contributed by atoms with Crippen LogP contribution >= 0.6 is 0 Å². The lowest BCUT2D eigenvalue weighted by atomic mass is 10.0. The average molecular weight is 219 g/mol. The van der Waals surface area contributed by atoms with Crippen LogP contribution < -0.4 is 0 Å². The topological polar surface area (TPSA) is 40.5 Å². The predicted molar refractivity (Wildman–Crippen MR) is 61.8 cm³/mol. The zero-order chi connectivity index (χ0) is 11.5. The molecule has 1 heterocycles. The number of aliphatic hydroxyl groups is 1. The largest absolute Gasteiger partial charge is 0.391 e. The molecule has 2 rings (SSSR count). The molecule has 16 heavy (non-hydrogen) atoms. The first kappa shape index (κ1) is 11.1.